The highest BCUT2D eigenvalue weighted by atomic mass is 15.3. The first kappa shape index (κ1) is 8.44. The quantitative estimate of drug-likeness (QED) is 0.739. The summed E-state index contributed by atoms with van der Waals surface area (Å²) in [5.41, 5.74) is 0.977. The molecule has 0 radical (unpaired) electrons. The van der Waals surface area contributed by atoms with Crippen LogP contribution < -0.4 is 5.32 Å². The molecule has 0 bridgehead atoms. The Hall–Kier alpha value is -2.16. The second-order valence-corrected chi connectivity index (χ2v) is 2.64. The number of hydrogen-bond donors (Lipinski definition) is 1. The van der Waals surface area contributed by atoms with Gasteiger partial charge in [0, 0.05) is 6.54 Å². The van der Waals surface area contributed by atoms with Gasteiger partial charge < -0.3 is 5.32 Å². The van der Waals surface area contributed by atoms with E-state index in [1.165, 1.54) is 10.7 Å². The van der Waals surface area contributed by atoms with Crippen molar-refractivity contribution in [3.05, 3.63) is 18.1 Å². The Morgan fingerprint density at radius 3 is 3.07 bits per heavy atom. The fourth-order valence-corrected chi connectivity index (χ4v) is 1.11. The van der Waals surface area contributed by atoms with E-state index in [-0.39, 0.29) is 0 Å². The number of fused-ring (bicyclic) bond motifs is 1. The molecule has 0 aliphatic heterocycles. The molecule has 0 saturated heterocycles. The highest BCUT2D eigenvalue weighted by molar-refractivity contribution is 5.41. The van der Waals surface area contributed by atoms with Crippen LogP contribution in [0.5, 0.6) is 0 Å². The minimum absolute atomic E-state index is 0.404. The van der Waals surface area contributed by atoms with Gasteiger partial charge in [0.1, 0.15) is 6.07 Å². The lowest BCUT2D eigenvalue weighted by Crippen LogP contribution is -2.06. The molecule has 2 heterocycles. The van der Waals surface area contributed by atoms with Crippen molar-refractivity contribution in [2.75, 3.05) is 11.9 Å². The van der Waals surface area contributed by atoms with Crippen molar-refractivity contribution in [1.29, 1.82) is 5.26 Å². The molecule has 6 heteroatoms. The lowest BCUT2D eigenvalue weighted by Gasteiger charge is -2.00. The Morgan fingerprint density at radius 1 is 1.50 bits per heavy atom. The zero-order valence-electron chi connectivity index (χ0n) is 7.60. The lowest BCUT2D eigenvalue weighted by molar-refractivity contribution is 0.882. The van der Waals surface area contributed by atoms with Gasteiger partial charge in [0.25, 0.3) is 0 Å². The van der Waals surface area contributed by atoms with E-state index in [4.69, 9.17) is 5.26 Å². The van der Waals surface area contributed by atoms with Crippen molar-refractivity contribution in [1.82, 2.24) is 19.6 Å². The van der Waals surface area contributed by atoms with Gasteiger partial charge in [-0.15, -0.1) is 5.10 Å². The molecule has 6 nitrogen and oxygen atoms in total. The van der Waals surface area contributed by atoms with Crippen LogP contribution in [0.4, 0.5) is 5.95 Å². The molecule has 0 amide bonds. The SMILES string of the molecule is CCNc1ncc2ncc(C#N)n2n1. The molecule has 0 atom stereocenters. The van der Waals surface area contributed by atoms with E-state index in [9.17, 15) is 0 Å². The molecule has 1 N–H and O–H groups in total. The first-order valence-corrected chi connectivity index (χ1v) is 4.20. The summed E-state index contributed by atoms with van der Waals surface area (Å²) in [6, 6.07) is 2.00. The first-order chi connectivity index (χ1) is 6.85. The molecule has 0 fully saturated rings. The lowest BCUT2D eigenvalue weighted by atomic mass is 10.5. The smallest absolute Gasteiger partial charge is 0.241 e. The van der Waals surface area contributed by atoms with Crippen molar-refractivity contribution in [2.45, 2.75) is 6.92 Å². The van der Waals surface area contributed by atoms with Gasteiger partial charge in [0.05, 0.1) is 12.4 Å². The summed E-state index contributed by atoms with van der Waals surface area (Å²) in [7, 11) is 0. The number of anilines is 1. The number of hydrogen-bond acceptors (Lipinski definition) is 5. The van der Waals surface area contributed by atoms with E-state index in [0.717, 1.165) is 6.54 Å². The van der Waals surface area contributed by atoms with E-state index in [1.807, 2.05) is 13.0 Å². The summed E-state index contributed by atoms with van der Waals surface area (Å²) in [5.74, 6) is 0.495. The van der Waals surface area contributed by atoms with Crippen molar-refractivity contribution in [3.8, 4) is 6.07 Å². The molecule has 2 aromatic rings. The largest absolute Gasteiger partial charge is 0.353 e. The predicted molar refractivity (Wildman–Crippen MR) is 49.7 cm³/mol. The van der Waals surface area contributed by atoms with Crippen LogP contribution in [0.25, 0.3) is 5.65 Å². The third-order valence-electron chi connectivity index (χ3n) is 1.71. The third kappa shape index (κ3) is 1.25. The average molecular weight is 188 g/mol. The molecular weight excluding hydrogens is 180 g/mol. The molecular formula is C8H8N6. The van der Waals surface area contributed by atoms with Gasteiger partial charge >= 0.3 is 0 Å². The van der Waals surface area contributed by atoms with E-state index in [1.54, 1.807) is 6.20 Å². The molecule has 2 rings (SSSR count). The molecule has 0 saturated carbocycles. The van der Waals surface area contributed by atoms with Crippen molar-refractivity contribution < 1.29 is 0 Å². The molecule has 0 unspecified atom stereocenters. The normalized spacial score (nSPS) is 10.0. The summed E-state index contributed by atoms with van der Waals surface area (Å²) < 4.78 is 1.46. The molecule has 70 valence electrons. The van der Waals surface area contributed by atoms with E-state index in [0.29, 0.717) is 17.3 Å². The van der Waals surface area contributed by atoms with Crippen molar-refractivity contribution in [3.63, 3.8) is 0 Å². The number of rotatable bonds is 2. The zero-order chi connectivity index (χ0) is 9.97. The zero-order valence-corrected chi connectivity index (χ0v) is 7.60. The van der Waals surface area contributed by atoms with Gasteiger partial charge in [-0.05, 0) is 6.92 Å². The highest BCUT2D eigenvalue weighted by Gasteiger charge is 2.04. The summed E-state index contributed by atoms with van der Waals surface area (Å²) in [6.45, 7) is 2.69. The van der Waals surface area contributed by atoms with E-state index in [2.05, 4.69) is 20.4 Å². The topological polar surface area (TPSA) is 78.9 Å². The van der Waals surface area contributed by atoms with E-state index < -0.39 is 0 Å². The maximum absolute atomic E-state index is 8.75. The van der Waals surface area contributed by atoms with Crippen molar-refractivity contribution >= 4 is 11.6 Å². The predicted octanol–water partition coefficient (Wildman–Crippen LogP) is 0.428. The summed E-state index contributed by atoms with van der Waals surface area (Å²) in [4.78, 5) is 8.01. The van der Waals surface area contributed by atoms with Crippen LogP contribution in [0.1, 0.15) is 12.6 Å². The van der Waals surface area contributed by atoms with Crippen LogP contribution in [-0.2, 0) is 0 Å². The molecule has 14 heavy (non-hydrogen) atoms. The van der Waals surface area contributed by atoms with Crippen LogP contribution in [-0.4, -0.2) is 26.1 Å². The minimum Gasteiger partial charge on any atom is -0.353 e. The molecule has 2 aromatic heterocycles. The van der Waals surface area contributed by atoms with Gasteiger partial charge in [-0.3, -0.25) is 0 Å². The third-order valence-corrected chi connectivity index (χ3v) is 1.71. The number of nitriles is 1. The first-order valence-electron chi connectivity index (χ1n) is 4.20. The van der Waals surface area contributed by atoms with Gasteiger partial charge in [0.15, 0.2) is 11.3 Å². The number of imidazole rings is 1. The van der Waals surface area contributed by atoms with Gasteiger partial charge in [-0.25, -0.2) is 9.97 Å². The maximum atomic E-state index is 8.75. The van der Waals surface area contributed by atoms with Gasteiger partial charge in [-0.1, -0.05) is 0 Å². The van der Waals surface area contributed by atoms with Crippen LogP contribution in [0, 0.1) is 11.3 Å². The van der Waals surface area contributed by atoms with Gasteiger partial charge in [-0.2, -0.15) is 9.78 Å². The standard InChI is InChI=1S/C8H8N6/c1-2-10-8-12-5-7-11-4-6(3-9)14(7)13-8/h4-5H,2H2,1H3,(H,10,13). The second-order valence-electron chi connectivity index (χ2n) is 2.64. The molecule has 0 aliphatic rings. The average Bonchev–Trinajstić information content (AvgIpc) is 2.60. The second kappa shape index (κ2) is 3.30. The van der Waals surface area contributed by atoms with Crippen LogP contribution in [0.15, 0.2) is 12.4 Å². The van der Waals surface area contributed by atoms with Crippen LogP contribution in [0.3, 0.4) is 0 Å². The Bertz CT molecular complexity index is 494. The maximum Gasteiger partial charge on any atom is 0.241 e. The Kier molecular flexibility index (Phi) is 1.99. The summed E-state index contributed by atoms with van der Waals surface area (Å²) >= 11 is 0. The minimum atomic E-state index is 0.404. The van der Waals surface area contributed by atoms with Crippen LogP contribution in [0.2, 0.25) is 0 Å². The number of nitrogens with one attached hydrogen (secondary N) is 1. The molecule has 0 aromatic carbocycles. The fraction of sp³-hybridized carbons (Fsp3) is 0.250. The fourth-order valence-electron chi connectivity index (χ4n) is 1.11. The number of nitrogens with zero attached hydrogens (tertiary/aromatic N) is 5. The van der Waals surface area contributed by atoms with Crippen molar-refractivity contribution in [2.24, 2.45) is 0 Å². The Morgan fingerprint density at radius 2 is 2.36 bits per heavy atom. The molecule has 0 spiro atoms. The van der Waals surface area contributed by atoms with Crippen LogP contribution >= 0.6 is 0 Å². The Labute approximate surface area is 80.2 Å². The summed E-state index contributed by atoms with van der Waals surface area (Å²) in [6.07, 6.45) is 3.05. The Balaban J connectivity index is 2.57. The number of aromatic nitrogens is 4. The monoisotopic (exact) mass is 188 g/mol. The summed E-state index contributed by atoms with van der Waals surface area (Å²) in [5, 5.41) is 15.8. The van der Waals surface area contributed by atoms with Gasteiger partial charge in [0.2, 0.25) is 5.95 Å². The highest BCUT2D eigenvalue weighted by Crippen LogP contribution is 2.04. The molecule has 0 aliphatic carbocycles. The van der Waals surface area contributed by atoms with E-state index >= 15 is 0 Å².